The molecule has 0 saturated carbocycles. The van der Waals surface area contributed by atoms with Crippen LogP contribution in [0.25, 0.3) is 11.3 Å². The normalized spacial score (nSPS) is 14.4. The molecule has 1 aliphatic rings. The third-order valence-electron chi connectivity index (χ3n) is 4.73. The number of amides is 1. The molecule has 3 rings (SSSR count). The van der Waals surface area contributed by atoms with Crippen LogP contribution in [0.3, 0.4) is 0 Å². The first-order valence-corrected chi connectivity index (χ1v) is 9.22. The van der Waals surface area contributed by atoms with Gasteiger partial charge in [0.05, 0.1) is 12.8 Å². The number of hydrogen-bond acceptors (Lipinski definition) is 5. The van der Waals surface area contributed by atoms with Gasteiger partial charge in [-0.3, -0.25) is 4.79 Å². The summed E-state index contributed by atoms with van der Waals surface area (Å²) in [4.78, 5) is 16.3. The number of anilines is 1. The van der Waals surface area contributed by atoms with Gasteiger partial charge in [0.15, 0.2) is 5.82 Å². The van der Waals surface area contributed by atoms with E-state index in [9.17, 15) is 4.79 Å². The molecule has 1 aromatic carbocycles. The third kappa shape index (κ3) is 4.12. The summed E-state index contributed by atoms with van der Waals surface area (Å²) in [6, 6.07) is 11.7. The zero-order valence-corrected chi connectivity index (χ0v) is 15.5. The number of rotatable bonds is 6. The molecular weight excluding hydrogens is 328 g/mol. The Balaban J connectivity index is 1.62. The van der Waals surface area contributed by atoms with E-state index in [4.69, 9.17) is 4.74 Å². The van der Waals surface area contributed by atoms with Crippen molar-refractivity contribution in [3.8, 4) is 17.0 Å². The zero-order chi connectivity index (χ0) is 18.4. The number of methoxy groups -OCH3 is 1. The lowest BCUT2D eigenvalue weighted by molar-refractivity contribution is -0.131. The summed E-state index contributed by atoms with van der Waals surface area (Å²) in [6.07, 6.45) is 2.68. The van der Waals surface area contributed by atoms with Crippen LogP contribution in [-0.2, 0) is 4.79 Å². The molecule has 0 atom stereocenters. The smallest absolute Gasteiger partial charge is 0.222 e. The number of carbonyl (C=O) groups is 1. The Kier molecular flexibility index (Phi) is 6.04. The summed E-state index contributed by atoms with van der Waals surface area (Å²) in [5.41, 5.74) is 1.72. The van der Waals surface area contributed by atoms with Crippen LogP contribution in [0, 0.1) is 0 Å². The highest BCUT2D eigenvalue weighted by Crippen LogP contribution is 2.28. The Bertz CT molecular complexity index is 725. The van der Waals surface area contributed by atoms with E-state index in [2.05, 4.69) is 22.0 Å². The molecule has 1 aromatic heterocycles. The maximum Gasteiger partial charge on any atom is 0.222 e. The number of hydrogen-bond donors (Lipinski definition) is 0. The van der Waals surface area contributed by atoms with E-state index in [-0.39, 0.29) is 5.91 Å². The van der Waals surface area contributed by atoms with Crippen LogP contribution >= 0.6 is 0 Å². The summed E-state index contributed by atoms with van der Waals surface area (Å²) >= 11 is 0. The molecule has 0 spiro atoms. The van der Waals surface area contributed by atoms with E-state index >= 15 is 0 Å². The summed E-state index contributed by atoms with van der Waals surface area (Å²) in [5.74, 6) is 1.90. The molecule has 2 aromatic rings. The number of carbonyl (C=O) groups excluding carboxylic acids is 1. The van der Waals surface area contributed by atoms with Crippen molar-refractivity contribution in [3.05, 3.63) is 36.4 Å². The van der Waals surface area contributed by atoms with Crippen LogP contribution in [-0.4, -0.2) is 54.3 Å². The summed E-state index contributed by atoms with van der Waals surface area (Å²) in [5, 5.41) is 8.77. The Morgan fingerprint density at radius 3 is 2.50 bits per heavy atom. The van der Waals surface area contributed by atoms with Crippen molar-refractivity contribution < 1.29 is 9.53 Å². The molecule has 0 bridgehead atoms. The molecule has 6 heteroatoms. The average Bonchev–Trinajstić information content (AvgIpc) is 2.72. The largest absolute Gasteiger partial charge is 0.496 e. The van der Waals surface area contributed by atoms with E-state index < -0.39 is 0 Å². The van der Waals surface area contributed by atoms with Crippen LogP contribution in [0.1, 0.15) is 26.2 Å². The predicted molar refractivity (Wildman–Crippen MR) is 102 cm³/mol. The number of benzene rings is 1. The number of para-hydroxylation sites is 1. The number of piperazine rings is 1. The lowest BCUT2D eigenvalue weighted by atomic mass is 10.1. The van der Waals surface area contributed by atoms with Gasteiger partial charge in [0.25, 0.3) is 0 Å². The van der Waals surface area contributed by atoms with Gasteiger partial charge in [0.2, 0.25) is 5.91 Å². The van der Waals surface area contributed by atoms with E-state index in [0.717, 1.165) is 61.8 Å². The molecule has 2 heterocycles. The Morgan fingerprint density at radius 1 is 1.08 bits per heavy atom. The van der Waals surface area contributed by atoms with E-state index in [1.54, 1.807) is 7.11 Å². The molecule has 26 heavy (non-hydrogen) atoms. The third-order valence-corrected chi connectivity index (χ3v) is 4.73. The first-order valence-electron chi connectivity index (χ1n) is 9.22. The van der Waals surface area contributed by atoms with Crippen LogP contribution in [0.15, 0.2) is 36.4 Å². The highest BCUT2D eigenvalue weighted by molar-refractivity contribution is 5.76. The summed E-state index contributed by atoms with van der Waals surface area (Å²) < 4.78 is 5.39. The fraction of sp³-hybridized carbons (Fsp3) is 0.450. The van der Waals surface area contributed by atoms with Gasteiger partial charge < -0.3 is 14.5 Å². The van der Waals surface area contributed by atoms with E-state index in [1.165, 1.54) is 0 Å². The molecule has 1 saturated heterocycles. The van der Waals surface area contributed by atoms with Crippen molar-refractivity contribution in [2.45, 2.75) is 26.2 Å². The van der Waals surface area contributed by atoms with Gasteiger partial charge in [-0.1, -0.05) is 25.5 Å². The fourth-order valence-corrected chi connectivity index (χ4v) is 3.16. The molecule has 138 valence electrons. The molecule has 6 nitrogen and oxygen atoms in total. The first-order chi connectivity index (χ1) is 12.7. The quantitative estimate of drug-likeness (QED) is 0.798. The van der Waals surface area contributed by atoms with Gasteiger partial charge in [0.1, 0.15) is 5.75 Å². The predicted octanol–water partition coefficient (Wildman–Crippen LogP) is 2.99. The molecule has 0 unspecified atom stereocenters. The van der Waals surface area contributed by atoms with Crippen molar-refractivity contribution >= 4 is 11.7 Å². The maximum atomic E-state index is 12.1. The van der Waals surface area contributed by atoms with Gasteiger partial charge in [-0.2, -0.15) is 0 Å². The van der Waals surface area contributed by atoms with Crippen LogP contribution < -0.4 is 9.64 Å². The van der Waals surface area contributed by atoms with Gasteiger partial charge in [-0.05, 0) is 30.7 Å². The minimum absolute atomic E-state index is 0.268. The van der Waals surface area contributed by atoms with Gasteiger partial charge >= 0.3 is 0 Å². The van der Waals surface area contributed by atoms with Crippen LogP contribution in [0.2, 0.25) is 0 Å². The zero-order valence-electron chi connectivity index (χ0n) is 15.5. The SMILES string of the molecule is CCCCC(=O)N1CCN(c2ccc(-c3ccccc3OC)nn2)CC1. The topological polar surface area (TPSA) is 58.6 Å². The average molecular weight is 354 g/mol. The number of aromatic nitrogens is 2. The second-order valence-electron chi connectivity index (χ2n) is 6.45. The number of nitrogens with zero attached hydrogens (tertiary/aromatic N) is 4. The first kappa shape index (κ1) is 18.2. The number of unbranched alkanes of at least 4 members (excludes halogenated alkanes) is 1. The van der Waals surface area contributed by atoms with Crippen molar-refractivity contribution in [2.24, 2.45) is 0 Å². The second-order valence-corrected chi connectivity index (χ2v) is 6.45. The molecule has 0 radical (unpaired) electrons. The second kappa shape index (κ2) is 8.65. The summed E-state index contributed by atoms with van der Waals surface area (Å²) in [7, 11) is 1.65. The standard InChI is InChI=1S/C20H26N4O2/c1-3-4-9-20(25)24-14-12-23(13-15-24)19-11-10-17(21-22-19)16-7-5-6-8-18(16)26-2/h5-8,10-11H,3-4,9,12-15H2,1-2H3. The van der Waals surface area contributed by atoms with E-state index in [1.807, 2.05) is 41.3 Å². The Hall–Kier alpha value is -2.63. The van der Waals surface area contributed by atoms with Crippen LogP contribution in [0.4, 0.5) is 5.82 Å². The molecule has 1 fully saturated rings. The minimum atomic E-state index is 0.268. The lowest BCUT2D eigenvalue weighted by Crippen LogP contribution is -2.49. The highest BCUT2D eigenvalue weighted by Gasteiger charge is 2.21. The van der Waals surface area contributed by atoms with Crippen LogP contribution in [0.5, 0.6) is 5.75 Å². The monoisotopic (exact) mass is 354 g/mol. The molecule has 1 aliphatic heterocycles. The summed E-state index contributed by atoms with van der Waals surface area (Å²) in [6.45, 7) is 5.19. The van der Waals surface area contributed by atoms with Gasteiger partial charge in [0, 0.05) is 38.2 Å². The molecular formula is C20H26N4O2. The van der Waals surface area contributed by atoms with Crippen molar-refractivity contribution in [3.63, 3.8) is 0 Å². The fourth-order valence-electron chi connectivity index (χ4n) is 3.16. The van der Waals surface area contributed by atoms with Crippen molar-refractivity contribution in [2.75, 3.05) is 38.2 Å². The molecule has 1 amide bonds. The molecule has 0 N–H and O–H groups in total. The lowest BCUT2D eigenvalue weighted by Gasteiger charge is -2.35. The van der Waals surface area contributed by atoms with Crippen molar-refractivity contribution in [1.29, 1.82) is 0 Å². The van der Waals surface area contributed by atoms with E-state index in [0.29, 0.717) is 6.42 Å². The molecule has 0 aliphatic carbocycles. The minimum Gasteiger partial charge on any atom is -0.496 e. The highest BCUT2D eigenvalue weighted by atomic mass is 16.5. The Morgan fingerprint density at radius 2 is 1.85 bits per heavy atom. The Labute approximate surface area is 154 Å². The van der Waals surface area contributed by atoms with Gasteiger partial charge in [-0.15, -0.1) is 10.2 Å². The van der Waals surface area contributed by atoms with Crippen molar-refractivity contribution in [1.82, 2.24) is 15.1 Å². The maximum absolute atomic E-state index is 12.1. The number of ether oxygens (including phenoxy) is 1. The van der Waals surface area contributed by atoms with Gasteiger partial charge in [-0.25, -0.2) is 0 Å².